The smallest absolute Gasteiger partial charge is 0.186 e. The molecule has 0 amide bonds. The molecule has 0 spiro atoms. The van der Waals surface area contributed by atoms with E-state index in [9.17, 15) is 5.11 Å². The lowest BCUT2D eigenvalue weighted by Gasteiger charge is -2.20. The summed E-state index contributed by atoms with van der Waals surface area (Å²) in [5, 5.41) is 10.2. The van der Waals surface area contributed by atoms with Crippen molar-refractivity contribution in [1.82, 2.24) is 0 Å². The Hall–Kier alpha value is -1.49. The zero-order valence-electron chi connectivity index (χ0n) is 9.24. The second-order valence-electron chi connectivity index (χ2n) is 3.84. The molecule has 0 bridgehead atoms. The summed E-state index contributed by atoms with van der Waals surface area (Å²) < 4.78 is 5.34. The number of nitrogens with zero attached hydrogens (tertiary/aromatic N) is 1. The van der Waals surface area contributed by atoms with Gasteiger partial charge in [0.25, 0.3) is 0 Å². The number of hydrogen-bond donors (Lipinski definition) is 3. The van der Waals surface area contributed by atoms with Gasteiger partial charge in [0, 0.05) is 5.56 Å². The molecule has 5 nitrogen and oxygen atoms in total. The second-order valence-corrected chi connectivity index (χ2v) is 3.84. The van der Waals surface area contributed by atoms with Gasteiger partial charge in [-0.1, -0.05) is 0 Å². The van der Waals surface area contributed by atoms with E-state index in [4.69, 9.17) is 15.9 Å². The molecule has 0 aliphatic carbocycles. The Kier molecular flexibility index (Phi) is 3.04. The minimum Gasteiger partial charge on any atom is -0.466 e. The van der Waals surface area contributed by atoms with E-state index >= 15 is 0 Å². The molecule has 0 saturated heterocycles. The number of aliphatic hydroxyl groups is 1. The van der Waals surface area contributed by atoms with Crippen molar-refractivity contribution in [2.45, 2.75) is 26.4 Å². The Labute approximate surface area is 88.8 Å². The average Bonchev–Trinajstić information content (AvgIpc) is 2.43. The highest BCUT2D eigenvalue weighted by Crippen LogP contribution is 2.27. The summed E-state index contributed by atoms with van der Waals surface area (Å²) in [5.74, 6) is 1.41. The molecule has 5 heteroatoms. The van der Waals surface area contributed by atoms with Gasteiger partial charge in [0.1, 0.15) is 17.1 Å². The Morgan fingerprint density at radius 1 is 1.53 bits per heavy atom. The van der Waals surface area contributed by atoms with Crippen LogP contribution >= 0.6 is 0 Å². The fourth-order valence-corrected chi connectivity index (χ4v) is 1.50. The van der Waals surface area contributed by atoms with E-state index in [2.05, 4.69) is 4.99 Å². The van der Waals surface area contributed by atoms with Crippen LogP contribution in [0, 0.1) is 13.8 Å². The predicted molar refractivity (Wildman–Crippen MR) is 58.4 cm³/mol. The molecule has 1 atom stereocenters. The Morgan fingerprint density at radius 3 is 2.53 bits per heavy atom. The highest BCUT2D eigenvalue weighted by atomic mass is 16.3. The maximum Gasteiger partial charge on any atom is 0.186 e. The molecule has 1 aromatic rings. The normalized spacial score (nSPS) is 14.7. The van der Waals surface area contributed by atoms with E-state index in [1.165, 1.54) is 0 Å². The summed E-state index contributed by atoms with van der Waals surface area (Å²) in [7, 11) is 0. The first kappa shape index (κ1) is 11.6. The van der Waals surface area contributed by atoms with Crippen LogP contribution in [0.1, 0.15) is 24.0 Å². The van der Waals surface area contributed by atoms with Crippen LogP contribution in [0.25, 0.3) is 0 Å². The number of hydrogen-bond acceptors (Lipinski definition) is 3. The van der Waals surface area contributed by atoms with E-state index in [0.717, 1.165) is 5.76 Å². The Morgan fingerprint density at radius 2 is 2.13 bits per heavy atom. The average molecular weight is 211 g/mol. The fraction of sp³-hybridized carbons (Fsp3) is 0.500. The monoisotopic (exact) mass is 211 g/mol. The molecule has 0 saturated carbocycles. The first-order valence-corrected chi connectivity index (χ1v) is 4.68. The van der Waals surface area contributed by atoms with Crippen LogP contribution in [0.15, 0.2) is 15.5 Å². The first-order valence-electron chi connectivity index (χ1n) is 4.68. The minimum absolute atomic E-state index is 0.0341. The SMILES string of the molecule is Cc1cc(C(C)(O)CN=C(N)N)c(C)o1. The van der Waals surface area contributed by atoms with Crippen LogP contribution in [0.4, 0.5) is 0 Å². The molecule has 1 aromatic heterocycles. The van der Waals surface area contributed by atoms with Crippen LogP contribution in [0.2, 0.25) is 0 Å². The number of furan rings is 1. The molecule has 0 aliphatic heterocycles. The number of aryl methyl sites for hydroxylation is 2. The summed E-state index contributed by atoms with van der Waals surface area (Å²) >= 11 is 0. The third-order valence-corrected chi connectivity index (χ3v) is 2.19. The number of nitrogens with two attached hydrogens (primary N) is 2. The maximum atomic E-state index is 10.2. The van der Waals surface area contributed by atoms with Crippen LogP contribution < -0.4 is 11.5 Å². The first-order chi connectivity index (χ1) is 6.83. The van der Waals surface area contributed by atoms with Crippen molar-refractivity contribution < 1.29 is 9.52 Å². The largest absolute Gasteiger partial charge is 0.466 e. The molecular formula is C10H17N3O2. The molecule has 0 radical (unpaired) electrons. The Bertz CT molecular complexity index is 376. The molecule has 0 fully saturated rings. The minimum atomic E-state index is -1.11. The van der Waals surface area contributed by atoms with Crippen LogP contribution in [0.5, 0.6) is 0 Å². The highest BCUT2D eigenvalue weighted by Gasteiger charge is 2.27. The van der Waals surface area contributed by atoms with Gasteiger partial charge >= 0.3 is 0 Å². The standard InChI is InChI=1S/C10H17N3O2/c1-6-4-8(7(2)15-6)10(3,14)5-13-9(11)12/h4,14H,5H2,1-3H3,(H4,11,12,13). The van der Waals surface area contributed by atoms with Crippen molar-refractivity contribution in [3.8, 4) is 0 Å². The number of aliphatic imine (C=N–C) groups is 1. The summed E-state index contributed by atoms with van der Waals surface area (Å²) in [6.07, 6.45) is 0. The van der Waals surface area contributed by atoms with Gasteiger partial charge in [0.2, 0.25) is 0 Å². The van der Waals surface area contributed by atoms with Crippen molar-refractivity contribution in [3.05, 3.63) is 23.2 Å². The van der Waals surface area contributed by atoms with Crippen molar-refractivity contribution in [1.29, 1.82) is 0 Å². The van der Waals surface area contributed by atoms with Crippen LogP contribution in [-0.2, 0) is 5.60 Å². The highest BCUT2D eigenvalue weighted by molar-refractivity contribution is 5.75. The Balaban J connectivity index is 2.95. The number of rotatable bonds is 3. The molecule has 5 N–H and O–H groups in total. The van der Waals surface area contributed by atoms with Gasteiger partial charge in [-0.2, -0.15) is 0 Å². The topological polar surface area (TPSA) is 97.8 Å². The predicted octanol–water partition coefficient (Wildman–Crippen LogP) is 0.377. The third kappa shape index (κ3) is 2.73. The lowest BCUT2D eigenvalue weighted by Crippen LogP contribution is -2.30. The molecule has 1 rings (SSSR count). The van der Waals surface area contributed by atoms with Crippen molar-refractivity contribution in [2.24, 2.45) is 16.5 Å². The molecule has 0 aromatic carbocycles. The fourth-order valence-electron chi connectivity index (χ4n) is 1.50. The van der Waals surface area contributed by atoms with Crippen LogP contribution in [-0.4, -0.2) is 17.6 Å². The summed E-state index contributed by atoms with van der Waals surface area (Å²) in [6, 6.07) is 1.79. The van der Waals surface area contributed by atoms with Crippen LogP contribution in [0.3, 0.4) is 0 Å². The van der Waals surface area contributed by atoms with E-state index in [1.54, 1.807) is 19.9 Å². The van der Waals surface area contributed by atoms with Gasteiger partial charge in [-0.05, 0) is 26.8 Å². The summed E-state index contributed by atoms with van der Waals surface area (Å²) in [6.45, 7) is 5.39. The van der Waals surface area contributed by atoms with E-state index in [-0.39, 0.29) is 12.5 Å². The number of guanidine groups is 1. The maximum absolute atomic E-state index is 10.2. The molecule has 1 heterocycles. The van der Waals surface area contributed by atoms with Crippen molar-refractivity contribution >= 4 is 5.96 Å². The summed E-state index contributed by atoms with van der Waals surface area (Å²) in [5.41, 5.74) is 10.0. The zero-order valence-corrected chi connectivity index (χ0v) is 9.24. The van der Waals surface area contributed by atoms with Gasteiger partial charge in [-0.15, -0.1) is 0 Å². The molecular weight excluding hydrogens is 194 g/mol. The van der Waals surface area contributed by atoms with Crippen molar-refractivity contribution in [3.63, 3.8) is 0 Å². The third-order valence-electron chi connectivity index (χ3n) is 2.19. The lowest BCUT2D eigenvalue weighted by atomic mass is 9.96. The van der Waals surface area contributed by atoms with Gasteiger partial charge in [-0.25, -0.2) is 0 Å². The van der Waals surface area contributed by atoms with Gasteiger partial charge in [0.15, 0.2) is 5.96 Å². The van der Waals surface area contributed by atoms with E-state index < -0.39 is 5.60 Å². The summed E-state index contributed by atoms with van der Waals surface area (Å²) in [4.78, 5) is 3.80. The van der Waals surface area contributed by atoms with E-state index in [0.29, 0.717) is 11.3 Å². The molecule has 1 unspecified atom stereocenters. The van der Waals surface area contributed by atoms with Crippen molar-refractivity contribution in [2.75, 3.05) is 6.54 Å². The van der Waals surface area contributed by atoms with E-state index in [1.807, 2.05) is 6.92 Å². The molecule has 0 aliphatic rings. The zero-order chi connectivity index (χ0) is 11.6. The van der Waals surface area contributed by atoms with Gasteiger partial charge in [0.05, 0.1) is 6.54 Å². The molecule has 84 valence electrons. The lowest BCUT2D eigenvalue weighted by molar-refractivity contribution is 0.0658. The second kappa shape index (κ2) is 3.94. The van der Waals surface area contributed by atoms with Gasteiger partial charge in [-0.3, -0.25) is 4.99 Å². The van der Waals surface area contributed by atoms with Gasteiger partial charge < -0.3 is 21.0 Å². The quantitative estimate of drug-likeness (QED) is 0.497. The molecule has 15 heavy (non-hydrogen) atoms.